The van der Waals surface area contributed by atoms with Gasteiger partial charge in [0.1, 0.15) is 16.2 Å². The highest BCUT2D eigenvalue weighted by Gasteiger charge is 2.44. The number of ether oxygens (including phenoxy) is 1. The van der Waals surface area contributed by atoms with Crippen molar-refractivity contribution in [1.82, 2.24) is 10.3 Å². The molecular formula is C18H20N2O3S. The Morgan fingerprint density at radius 2 is 1.88 bits per heavy atom. The normalized spacial score (nSPS) is 15.9. The Labute approximate surface area is 145 Å². The second-order valence-electron chi connectivity index (χ2n) is 6.14. The van der Waals surface area contributed by atoms with Gasteiger partial charge in [0, 0.05) is 10.9 Å². The van der Waals surface area contributed by atoms with Gasteiger partial charge in [-0.1, -0.05) is 42.7 Å². The average Bonchev–Trinajstić information content (AvgIpc) is 3.25. The maximum absolute atomic E-state index is 12.6. The van der Waals surface area contributed by atoms with Crippen LogP contribution in [-0.2, 0) is 9.53 Å². The van der Waals surface area contributed by atoms with E-state index in [-0.39, 0.29) is 11.9 Å². The number of carbonyl (C=O) groups is 2. The van der Waals surface area contributed by atoms with Gasteiger partial charge in [-0.25, -0.2) is 9.78 Å². The first-order chi connectivity index (χ1) is 11.5. The third kappa shape index (κ3) is 3.19. The first-order valence-electron chi connectivity index (χ1n) is 7.97. The van der Waals surface area contributed by atoms with E-state index in [0.717, 1.165) is 23.4 Å². The molecule has 0 spiro atoms. The molecule has 5 nitrogen and oxygen atoms in total. The van der Waals surface area contributed by atoms with Crippen molar-refractivity contribution in [3.05, 3.63) is 40.9 Å². The zero-order chi connectivity index (χ0) is 17.2. The van der Waals surface area contributed by atoms with Crippen LogP contribution in [0, 0.1) is 6.92 Å². The maximum Gasteiger partial charge on any atom is 0.331 e. The summed E-state index contributed by atoms with van der Waals surface area (Å²) in [5.74, 6) is -0.695. The molecule has 1 heterocycles. The van der Waals surface area contributed by atoms with Crippen LogP contribution in [0.15, 0.2) is 29.6 Å². The second-order valence-corrected chi connectivity index (χ2v) is 7.00. The number of rotatable bonds is 4. The standard InChI is InChI=1S/C18H20N2O3S/c1-12-5-7-13(8-6-12)16-19-14(11-24-16)15(21)20-18(17(22)23-2)9-3-4-10-18/h5-8,11H,3-4,9-10H2,1-2H3,(H,20,21). The van der Waals surface area contributed by atoms with Crippen LogP contribution in [-0.4, -0.2) is 29.5 Å². The third-order valence-electron chi connectivity index (χ3n) is 4.42. The minimum atomic E-state index is -0.903. The Morgan fingerprint density at radius 1 is 1.21 bits per heavy atom. The van der Waals surface area contributed by atoms with Crippen molar-refractivity contribution >= 4 is 23.2 Å². The van der Waals surface area contributed by atoms with Crippen molar-refractivity contribution in [2.45, 2.75) is 38.1 Å². The van der Waals surface area contributed by atoms with Crippen LogP contribution in [0.5, 0.6) is 0 Å². The monoisotopic (exact) mass is 344 g/mol. The SMILES string of the molecule is COC(=O)C1(NC(=O)c2csc(-c3ccc(C)cc3)n2)CCCC1. The van der Waals surface area contributed by atoms with E-state index in [9.17, 15) is 9.59 Å². The molecule has 0 aliphatic heterocycles. The van der Waals surface area contributed by atoms with Gasteiger partial charge in [0.05, 0.1) is 7.11 Å². The summed E-state index contributed by atoms with van der Waals surface area (Å²) in [5.41, 5.74) is 1.59. The molecule has 0 radical (unpaired) electrons. The molecule has 126 valence electrons. The molecule has 1 N–H and O–H groups in total. The quantitative estimate of drug-likeness (QED) is 0.864. The van der Waals surface area contributed by atoms with Crippen LogP contribution in [0.4, 0.5) is 0 Å². The molecule has 1 aromatic carbocycles. The lowest BCUT2D eigenvalue weighted by Gasteiger charge is -2.26. The van der Waals surface area contributed by atoms with Gasteiger partial charge in [0.2, 0.25) is 0 Å². The molecule has 1 fully saturated rings. The fourth-order valence-electron chi connectivity index (χ4n) is 3.04. The van der Waals surface area contributed by atoms with E-state index in [0.29, 0.717) is 18.5 Å². The smallest absolute Gasteiger partial charge is 0.331 e. The van der Waals surface area contributed by atoms with Gasteiger partial charge in [0.25, 0.3) is 5.91 Å². The van der Waals surface area contributed by atoms with Crippen LogP contribution in [0.25, 0.3) is 10.6 Å². The Kier molecular flexibility index (Phi) is 4.66. The molecular weight excluding hydrogens is 324 g/mol. The topological polar surface area (TPSA) is 68.3 Å². The molecule has 0 unspecified atom stereocenters. The molecule has 1 aliphatic rings. The van der Waals surface area contributed by atoms with Gasteiger partial charge in [-0.05, 0) is 19.8 Å². The van der Waals surface area contributed by atoms with E-state index in [1.807, 2.05) is 31.2 Å². The summed E-state index contributed by atoms with van der Waals surface area (Å²) in [6.45, 7) is 2.03. The number of hydrogen-bond acceptors (Lipinski definition) is 5. The van der Waals surface area contributed by atoms with Gasteiger partial charge in [0.15, 0.2) is 0 Å². The molecule has 3 rings (SSSR count). The van der Waals surface area contributed by atoms with Crippen molar-refractivity contribution in [3.8, 4) is 10.6 Å². The Hall–Kier alpha value is -2.21. The number of benzene rings is 1. The van der Waals surface area contributed by atoms with E-state index in [4.69, 9.17) is 4.74 Å². The minimum Gasteiger partial charge on any atom is -0.467 e. The summed E-state index contributed by atoms with van der Waals surface area (Å²) >= 11 is 1.42. The number of thiazole rings is 1. The lowest BCUT2D eigenvalue weighted by Crippen LogP contribution is -2.53. The van der Waals surface area contributed by atoms with Crippen LogP contribution in [0.3, 0.4) is 0 Å². The molecule has 24 heavy (non-hydrogen) atoms. The molecule has 1 aromatic heterocycles. The van der Waals surface area contributed by atoms with E-state index in [1.165, 1.54) is 24.0 Å². The number of nitrogens with one attached hydrogen (secondary N) is 1. The van der Waals surface area contributed by atoms with E-state index in [1.54, 1.807) is 5.38 Å². The molecule has 2 aromatic rings. The number of methoxy groups -OCH3 is 1. The number of hydrogen-bond donors (Lipinski definition) is 1. The Morgan fingerprint density at radius 3 is 2.50 bits per heavy atom. The van der Waals surface area contributed by atoms with Crippen molar-refractivity contribution in [2.24, 2.45) is 0 Å². The summed E-state index contributed by atoms with van der Waals surface area (Å²) in [6.07, 6.45) is 3.03. The molecule has 1 saturated carbocycles. The van der Waals surface area contributed by atoms with E-state index in [2.05, 4.69) is 10.3 Å². The van der Waals surface area contributed by atoms with E-state index < -0.39 is 5.54 Å². The molecule has 0 saturated heterocycles. The highest BCUT2D eigenvalue weighted by molar-refractivity contribution is 7.13. The fourth-order valence-corrected chi connectivity index (χ4v) is 3.85. The highest BCUT2D eigenvalue weighted by atomic mass is 32.1. The molecule has 0 bridgehead atoms. The van der Waals surface area contributed by atoms with Gasteiger partial charge < -0.3 is 10.1 Å². The van der Waals surface area contributed by atoms with Gasteiger partial charge in [-0.2, -0.15) is 0 Å². The number of aryl methyl sites for hydroxylation is 1. The van der Waals surface area contributed by atoms with Gasteiger partial charge in [-0.3, -0.25) is 4.79 Å². The molecule has 0 atom stereocenters. The molecule has 1 aliphatic carbocycles. The summed E-state index contributed by atoms with van der Waals surface area (Å²) in [4.78, 5) is 29.1. The average molecular weight is 344 g/mol. The number of esters is 1. The summed E-state index contributed by atoms with van der Waals surface area (Å²) in [6, 6.07) is 8.01. The number of amides is 1. The van der Waals surface area contributed by atoms with Crippen molar-refractivity contribution in [3.63, 3.8) is 0 Å². The Bertz CT molecular complexity index is 746. The number of aromatic nitrogens is 1. The number of carbonyl (C=O) groups excluding carboxylic acids is 2. The fraction of sp³-hybridized carbons (Fsp3) is 0.389. The number of nitrogens with zero attached hydrogens (tertiary/aromatic N) is 1. The predicted molar refractivity (Wildman–Crippen MR) is 93.0 cm³/mol. The maximum atomic E-state index is 12.6. The zero-order valence-electron chi connectivity index (χ0n) is 13.8. The van der Waals surface area contributed by atoms with Crippen molar-refractivity contribution in [1.29, 1.82) is 0 Å². The van der Waals surface area contributed by atoms with E-state index >= 15 is 0 Å². The van der Waals surface area contributed by atoms with Gasteiger partial charge in [-0.15, -0.1) is 11.3 Å². The highest BCUT2D eigenvalue weighted by Crippen LogP contribution is 2.31. The lowest BCUT2D eigenvalue weighted by molar-refractivity contribution is -0.148. The molecule has 6 heteroatoms. The zero-order valence-corrected chi connectivity index (χ0v) is 14.6. The largest absolute Gasteiger partial charge is 0.467 e. The first-order valence-corrected chi connectivity index (χ1v) is 8.85. The molecule has 1 amide bonds. The third-order valence-corrected chi connectivity index (χ3v) is 5.31. The first kappa shape index (κ1) is 16.6. The predicted octanol–water partition coefficient (Wildman–Crippen LogP) is 3.33. The lowest BCUT2D eigenvalue weighted by atomic mass is 9.97. The van der Waals surface area contributed by atoms with Crippen LogP contribution < -0.4 is 5.32 Å². The second kappa shape index (κ2) is 6.73. The summed E-state index contributed by atoms with van der Waals surface area (Å²) in [5, 5.41) is 5.38. The minimum absolute atomic E-state index is 0.322. The van der Waals surface area contributed by atoms with Gasteiger partial charge >= 0.3 is 5.97 Å². The Balaban J connectivity index is 1.78. The van der Waals surface area contributed by atoms with Crippen molar-refractivity contribution in [2.75, 3.05) is 7.11 Å². The van der Waals surface area contributed by atoms with Crippen LogP contribution in [0.1, 0.15) is 41.7 Å². The summed E-state index contributed by atoms with van der Waals surface area (Å²) < 4.78 is 4.89. The van der Waals surface area contributed by atoms with Crippen LogP contribution >= 0.6 is 11.3 Å². The summed E-state index contributed by atoms with van der Waals surface area (Å²) in [7, 11) is 1.35. The van der Waals surface area contributed by atoms with Crippen LogP contribution in [0.2, 0.25) is 0 Å². The van der Waals surface area contributed by atoms with Crippen molar-refractivity contribution < 1.29 is 14.3 Å².